The molecule has 0 bridgehead atoms. The van der Waals surface area contributed by atoms with Crippen molar-refractivity contribution < 1.29 is 14.3 Å². The highest BCUT2D eigenvalue weighted by molar-refractivity contribution is 5.96. The van der Waals surface area contributed by atoms with Crippen LogP contribution in [0.15, 0.2) is 48.5 Å². The molecule has 2 aromatic rings. The summed E-state index contributed by atoms with van der Waals surface area (Å²) in [5.41, 5.74) is 2.26. The van der Waals surface area contributed by atoms with Crippen molar-refractivity contribution in [2.75, 3.05) is 19.5 Å². The summed E-state index contributed by atoms with van der Waals surface area (Å²) in [5.74, 6) is 0.899. The number of nitrogens with zero attached hydrogens (tertiary/aromatic N) is 1. The third kappa shape index (κ3) is 3.87. The number of rotatable bonds is 6. The average Bonchev–Trinajstić information content (AvgIpc) is 3.52. The minimum absolute atomic E-state index is 0.0611. The van der Waals surface area contributed by atoms with Crippen LogP contribution in [0.3, 0.4) is 0 Å². The van der Waals surface area contributed by atoms with Crippen LogP contribution in [0.2, 0.25) is 0 Å². The van der Waals surface area contributed by atoms with Gasteiger partial charge in [0.2, 0.25) is 5.91 Å². The van der Waals surface area contributed by atoms with Gasteiger partial charge in [0, 0.05) is 29.8 Å². The van der Waals surface area contributed by atoms with Crippen LogP contribution in [-0.2, 0) is 4.79 Å². The summed E-state index contributed by atoms with van der Waals surface area (Å²) in [5, 5.41) is 2.88. The van der Waals surface area contributed by atoms with Gasteiger partial charge >= 0.3 is 0 Å². The normalized spacial score (nSPS) is 14.4. The molecule has 1 aliphatic rings. The molecule has 1 saturated carbocycles. The minimum Gasteiger partial charge on any atom is -0.496 e. The van der Waals surface area contributed by atoms with Crippen molar-refractivity contribution in [3.8, 4) is 5.75 Å². The molecule has 3 rings (SSSR count). The quantitative estimate of drug-likeness (QED) is 0.858. The molecule has 2 aromatic carbocycles. The predicted molar refractivity (Wildman–Crippen MR) is 101 cm³/mol. The van der Waals surface area contributed by atoms with Crippen molar-refractivity contribution in [2.24, 2.45) is 5.92 Å². The summed E-state index contributed by atoms with van der Waals surface area (Å²) >= 11 is 0. The Morgan fingerprint density at radius 3 is 2.38 bits per heavy atom. The third-order valence-corrected chi connectivity index (χ3v) is 4.84. The second-order valence-electron chi connectivity index (χ2n) is 6.67. The molecule has 1 atom stereocenters. The number of amides is 2. The van der Waals surface area contributed by atoms with Crippen LogP contribution in [0.1, 0.15) is 41.7 Å². The van der Waals surface area contributed by atoms with Crippen LogP contribution in [0.5, 0.6) is 5.75 Å². The number of anilines is 1. The topological polar surface area (TPSA) is 58.6 Å². The molecular weight excluding hydrogens is 328 g/mol. The summed E-state index contributed by atoms with van der Waals surface area (Å²) in [4.78, 5) is 26.3. The fourth-order valence-corrected chi connectivity index (χ4v) is 2.89. The Hall–Kier alpha value is -2.82. The maximum absolute atomic E-state index is 12.8. The highest BCUT2D eigenvalue weighted by Gasteiger charge is 2.29. The van der Waals surface area contributed by atoms with Crippen molar-refractivity contribution in [3.05, 3.63) is 59.7 Å². The Morgan fingerprint density at radius 2 is 1.77 bits per heavy atom. The van der Waals surface area contributed by atoms with E-state index in [1.54, 1.807) is 43.3 Å². The predicted octanol–water partition coefficient (Wildman–Crippen LogP) is 3.88. The fraction of sp³-hybridized carbons (Fsp3) is 0.333. The molecule has 26 heavy (non-hydrogen) atoms. The van der Waals surface area contributed by atoms with Crippen LogP contribution >= 0.6 is 0 Å². The summed E-state index contributed by atoms with van der Waals surface area (Å²) in [6, 6.07) is 14.6. The highest BCUT2D eigenvalue weighted by Crippen LogP contribution is 2.31. The van der Waals surface area contributed by atoms with Gasteiger partial charge in [-0.05, 0) is 50.1 Å². The first-order chi connectivity index (χ1) is 12.5. The van der Waals surface area contributed by atoms with Gasteiger partial charge in [-0.2, -0.15) is 0 Å². The monoisotopic (exact) mass is 352 g/mol. The maximum Gasteiger partial charge on any atom is 0.254 e. The first-order valence-electron chi connectivity index (χ1n) is 8.82. The largest absolute Gasteiger partial charge is 0.496 e. The first-order valence-corrected chi connectivity index (χ1v) is 8.82. The Balaban J connectivity index is 1.70. The fourth-order valence-electron chi connectivity index (χ4n) is 2.89. The van der Waals surface area contributed by atoms with E-state index in [0.29, 0.717) is 5.56 Å². The Labute approximate surface area is 154 Å². The van der Waals surface area contributed by atoms with Gasteiger partial charge in [0.15, 0.2) is 0 Å². The molecule has 1 unspecified atom stereocenters. The number of benzene rings is 2. The first kappa shape index (κ1) is 18.0. The van der Waals surface area contributed by atoms with Crippen molar-refractivity contribution in [2.45, 2.75) is 25.8 Å². The van der Waals surface area contributed by atoms with Crippen LogP contribution in [0.25, 0.3) is 0 Å². The molecule has 0 aliphatic heterocycles. The van der Waals surface area contributed by atoms with Gasteiger partial charge in [0.05, 0.1) is 13.2 Å². The standard InChI is InChI=1S/C21H24N2O3/c1-14(18-6-4-5-7-19(18)26-3)23(2)21(25)16-10-12-17(13-11-16)22-20(24)15-8-9-15/h4-7,10-15H,8-9H2,1-3H3,(H,22,24). The Morgan fingerprint density at radius 1 is 1.12 bits per heavy atom. The molecule has 1 aliphatic carbocycles. The van der Waals surface area contributed by atoms with E-state index in [4.69, 9.17) is 4.74 Å². The lowest BCUT2D eigenvalue weighted by Gasteiger charge is -2.26. The lowest BCUT2D eigenvalue weighted by atomic mass is 10.0. The molecule has 136 valence electrons. The lowest BCUT2D eigenvalue weighted by molar-refractivity contribution is -0.117. The van der Waals surface area contributed by atoms with Crippen molar-refractivity contribution in [3.63, 3.8) is 0 Å². The number of methoxy groups -OCH3 is 1. The molecule has 5 heteroatoms. The van der Waals surface area contributed by atoms with Gasteiger partial charge < -0.3 is 15.0 Å². The second kappa shape index (κ2) is 7.60. The third-order valence-electron chi connectivity index (χ3n) is 4.84. The summed E-state index contributed by atoms with van der Waals surface area (Å²) in [7, 11) is 3.41. The number of ether oxygens (including phenoxy) is 1. The molecule has 0 heterocycles. The van der Waals surface area contributed by atoms with Gasteiger partial charge in [-0.15, -0.1) is 0 Å². The van der Waals surface area contributed by atoms with Crippen LogP contribution < -0.4 is 10.1 Å². The zero-order chi connectivity index (χ0) is 18.7. The Bertz CT molecular complexity index is 797. The summed E-state index contributed by atoms with van der Waals surface area (Å²) in [6.07, 6.45) is 1.93. The molecular formula is C21H24N2O3. The summed E-state index contributed by atoms with van der Waals surface area (Å²) in [6.45, 7) is 1.97. The minimum atomic E-state index is -0.132. The molecule has 0 saturated heterocycles. The van der Waals surface area contributed by atoms with E-state index in [2.05, 4.69) is 5.32 Å². The van der Waals surface area contributed by atoms with E-state index in [1.165, 1.54) is 0 Å². The number of para-hydroxylation sites is 1. The van der Waals surface area contributed by atoms with Gasteiger partial charge in [-0.3, -0.25) is 9.59 Å². The lowest BCUT2D eigenvalue weighted by Crippen LogP contribution is -2.29. The number of carbonyl (C=O) groups is 2. The number of hydrogen-bond acceptors (Lipinski definition) is 3. The van der Waals surface area contributed by atoms with Gasteiger partial charge in [-0.1, -0.05) is 18.2 Å². The number of hydrogen-bond donors (Lipinski definition) is 1. The molecule has 2 amide bonds. The molecule has 1 N–H and O–H groups in total. The highest BCUT2D eigenvalue weighted by atomic mass is 16.5. The van der Waals surface area contributed by atoms with Gasteiger partial charge in [0.25, 0.3) is 5.91 Å². The molecule has 0 radical (unpaired) electrons. The molecule has 5 nitrogen and oxygen atoms in total. The van der Waals surface area contributed by atoms with Crippen molar-refractivity contribution >= 4 is 17.5 Å². The zero-order valence-corrected chi connectivity index (χ0v) is 15.4. The van der Waals surface area contributed by atoms with E-state index < -0.39 is 0 Å². The zero-order valence-electron chi connectivity index (χ0n) is 15.4. The molecule has 1 fully saturated rings. The van der Waals surface area contributed by atoms with Gasteiger partial charge in [0.1, 0.15) is 5.75 Å². The van der Waals surface area contributed by atoms with E-state index in [1.807, 2.05) is 31.2 Å². The molecule has 0 aromatic heterocycles. The number of carbonyl (C=O) groups excluding carboxylic acids is 2. The molecule has 0 spiro atoms. The van der Waals surface area contributed by atoms with E-state index in [9.17, 15) is 9.59 Å². The van der Waals surface area contributed by atoms with Gasteiger partial charge in [-0.25, -0.2) is 0 Å². The van der Waals surface area contributed by atoms with Crippen LogP contribution in [-0.4, -0.2) is 30.9 Å². The van der Waals surface area contributed by atoms with Crippen LogP contribution in [0, 0.1) is 5.92 Å². The van der Waals surface area contributed by atoms with Crippen molar-refractivity contribution in [1.29, 1.82) is 0 Å². The average molecular weight is 352 g/mol. The van der Waals surface area contributed by atoms with Crippen LogP contribution in [0.4, 0.5) is 5.69 Å². The van der Waals surface area contributed by atoms with Crippen molar-refractivity contribution in [1.82, 2.24) is 4.90 Å². The van der Waals surface area contributed by atoms with E-state index in [-0.39, 0.29) is 23.8 Å². The van der Waals surface area contributed by atoms with E-state index >= 15 is 0 Å². The smallest absolute Gasteiger partial charge is 0.254 e. The second-order valence-corrected chi connectivity index (χ2v) is 6.67. The Kier molecular flexibility index (Phi) is 5.26. The maximum atomic E-state index is 12.8. The SMILES string of the molecule is COc1ccccc1C(C)N(C)C(=O)c1ccc(NC(=O)C2CC2)cc1. The van der Waals surface area contributed by atoms with E-state index in [0.717, 1.165) is 29.8 Å². The summed E-state index contributed by atoms with van der Waals surface area (Å²) < 4.78 is 5.40. The number of nitrogens with one attached hydrogen (secondary N) is 1.